The van der Waals surface area contributed by atoms with E-state index in [1.54, 1.807) is 38.2 Å². The molecule has 1 fully saturated rings. The lowest BCUT2D eigenvalue weighted by Gasteiger charge is -2.28. The maximum Gasteiger partial charge on any atom is 0.411 e. The zero-order chi connectivity index (χ0) is 28.5. The fourth-order valence-corrected chi connectivity index (χ4v) is 5.28. The highest BCUT2D eigenvalue weighted by atomic mass is 32.1. The molecule has 12 heteroatoms. The highest BCUT2D eigenvalue weighted by Gasteiger charge is 2.26. The molecule has 0 spiro atoms. The van der Waals surface area contributed by atoms with Gasteiger partial charge in [0.05, 0.1) is 27.8 Å². The van der Waals surface area contributed by atoms with Crippen molar-refractivity contribution in [2.24, 2.45) is 0 Å². The maximum atomic E-state index is 12.4. The van der Waals surface area contributed by atoms with Crippen molar-refractivity contribution in [3.8, 4) is 10.4 Å². The first kappa shape index (κ1) is 29.9. The van der Waals surface area contributed by atoms with E-state index in [-0.39, 0.29) is 30.3 Å². The molecular formula is C27H36N4O7S. The van der Waals surface area contributed by atoms with Crippen molar-refractivity contribution in [2.45, 2.75) is 84.5 Å². The van der Waals surface area contributed by atoms with Gasteiger partial charge in [0.15, 0.2) is 6.61 Å². The molecule has 1 aromatic carbocycles. The van der Waals surface area contributed by atoms with Gasteiger partial charge in [0.25, 0.3) is 5.91 Å². The average molecular weight is 561 g/mol. The van der Waals surface area contributed by atoms with E-state index in [9.17, 15) is 19.2 Å². The van der Waals surface area contributed by atoms with Gasteiger partial charge in [0.1, 0.15) is 0 Å². The zero-order valence-corrected chi connectivity index (χ0v) is 23.7. The Morgan fingerprint density at radius 2 is 1.64 bits per heavy atom. The number of aromatic nitrogens is 1. The van der Waals surface area contributed by atoms with Gasteiger partial charge in [-0.1, -0.05) is 0 Å². The second-order valence-corrected chi connectivity index (χ2v) is 10.9. The summed E-state index contributed by atoms with van der Waals surface area (Å²) in [7, 11) is 0. The number of ether oxygens (including phenoxy) is 3. The summed E-state index contributed by atoms with van der Waals surface area (Å²) in [6, 6.07) is 5.19. The topological polar surface area (TPSA) is 145 Å². The smallest absolute Gasteiger partial charge is 0.411 e. The number of carbonyl (C=O) groups excluding carboxylic acids is 4. The first-order valence-corrected chi connectivity index (χ1v) is 13.8. The van der Waals surface area contributed by atoms with Crippen LogP contribution in [0.25, 0.3) is 10.4 Å². The second kappa shape index (κ2) is 13.9. The molecule has 3 amide bonds. The normalized spacial score (nSPS) is 16.9. The Morgan fingerprint density at radius 1 is 0.974 bits per heavy atom. The predicted octanol–water partition coefficient (Wildman–Crippen LogP) is 5.43. The quantitative estimate of drug-likeness (QED) is 0.272. The Bertz CT molecular complexity index is 1170. The minimum Gasteiger partial charge on any atom is -0.456 e. The zero-order valence-electron chi connectivity index (χ0n) is 22.9. The summed E-state index contributed by atoms with van der Waals surface area (Å²) in [5.41, 5.74) is 1.57. The number of carbonyl (C=O) groups is 4. The molecule has 0 radical (unpaired) electrons. The second-order valence-electron chi connectivity index (χ2n) is 9.88. The van der Waals surface area contributed by atoms with Gasteiger partial charge in [-0.3, -0.25) is 14.9 Å². The van der Waals surface area contributed by atoms with Crippen molar-refractivity contribution in [3.63, 3.8) is 0 Å². The van der Waals surface area contributed by atoms with E-state index in [2.05, 4.69) is 20.9 Å². The molecule has 0 atom stereocenters. The van der Waals surface area contributed by atoms with Crippen LogP contribution in [0.5, 0.6) is 0 Å². The average Bonchev–Trinajstić information content (AvgIpc) is 3.32. The molecule has 1 aromatic heterocycles. The van der Waals surface area contributed by atoms with Gasteiger partial charge in [0.2, 0.25) is 0 Å². The number of nitrogens with one attached hydrogen (secondary N) is 3. The number of esters is 1. The molecule has 1 heterocycles. The van der Waals surface area contributed by atoms with Crippen molar-refractivity contribution in [1.29, 1.82) is 0 Å². The first-order valence-electron chi connectivity index (χ1n) is 13.0. The van der Waals surface area contributed by atoms with E-state index in [0.29, 0.717) is 16.9 Å². The predicted molar refractivity (Wildman–Crippen MR) is 148 cm³/mol. The van der Waals surface area contributed by atoms with E-state index in [1.807, 2.05) is 13.8 Å². The number of thiazole rings is 1. The number of hydrogen-bond acceptors (Lipinski definition) is 9. The molecule has 1 saturated carbocycles. The van der Waals surface area contributed by atoms with E-state index >= 15 is 0 Å². The molecule has 3 rings (SSSR count). The van der Waals surface area contributed by atoms with E-state index in [1.165, 1.54) is 18.3 Å². The van der Waals surface area contributed by atoms with Crippen LogP contribution in [0.2, 0.25) is 0 Å². The van der Waals surface area contributed by atoms with E-state index in [4.69, 9.17) is 14.2 Å². The number of nitrogens with zero attached hydrogens (tertiary/aromatic N) is 1. The molecule has 11 nitrogen and oxygen atoms in total. The Morgan fingerprint density at radius 3 is 2.28 bits per heavy atom. The lowest BCUT2D eigenvalue weighted by molar-refractivity contribution is -0.144. The van der Waals surface area contributed by atoms with Gasteiger partial charge >= 0.3 is 18.2 Å². The van der Waals surface area contributed by atoms with Gasteiger partial charge < -0.3 is 24.8 Å². The Balaban J connectivity index is 1.73. The third-order valence-electron chi connectivity index (χ3n) is 5.82. The van der Waals surface area contributed by atoms with Crippen LogP contribution < -0.4 is 16.0 Å². The van der Waals surface area contributed by atoms with Crippen LogP contribution in [0.15, 0.2) is 24.4 Å². The molecule has 3 N–H and O–H groups in total. The first-order chi connectivity index (χ1) is 18.5. The van der Waals surface area contributed by atoms with Crippen molar-refractivity contribution in [3.05, 3.63) is 29.4 Å². The third kappa shape index (κ3) is 9.54. The minimum atomic E-state index is -0.613. The van der Waals surface area contributed by atoms with Crippen LogP contribution in [0, 0.1) is 0 Å². The molecule has 0 unspecified atom stereocenters. The SMILES string of the molecule is CC(=O)OCC(=O)Nc1cc(NC(=O)OC(C)C)ccc1-c1cnc([C@H]2CC[C@H](NC(=O)OC(C)C)CC2)s1. The summed E-state index contributed by atoms with van der Waals surface area (Å²) in [5.74, 6) is -0.817. The lowest BCUT2D eigenvalue weighted by atomic mass is 9.86. The summed E-state index contributed by atoms with van der Waals surface area (Å²) >= 11 is 1.53. The number of amides is 3. The van der Waals surface area contributed by atoms with Gasteiger partial charge in [-0.25, -0.2) is 14.6 Å². The highest BCUT2D eigenvalue weighted by molar-refractivity contribution is 7.15. The summed E-state index contributed by atoms with van der Waals surface area (Å²) < 4.78 is 15.1. The lowest BCUT2D eigenvalue weighted by Crippen LogP contribution is -2.38. The Labute approximate surface area is 232 Å². The van der Waals surface area contributed by atoms with Gasteiger partial charge in [-0.15, -0.1) is 11.3 Å². The monoisotopic (exact) mass is 560 g/mol. The molecule has 1 aliphatic carbocycles. The van der Waals surface area contributed by atoms with E-state index < -0.39 is 24.6 Å². The van der Waals surface area contributed by atoms with Gasteiger partial charge in [-0.2, -0.15) is 0 Å². The molecule has 212 valence electrons. The van der Waals surface area contributed by atoms with Crippen molar-refractivity contribution in [1.82, 2.24) is 10.3 Å². The van der Waals surface area contributed by atoms with Crippen LogP contribution in [0.3, 0.4) is 0 Å². The largest absolute Gasteiger partial charge is 0.456 e. The molecule has 0 bridgehead atoms. The summed E-state index contributed by atoms with van der Waals surface area (Å²) in [5, 5.41) is 9.33. The minimum absolute atomic E-state index is 0.0772. The molecule has 0 aliphatic heterocycles. The van der Waals surface area contributed by atoms with E-state index in [0.717, 1.165) is 35.6 Å². The maximum absolute atomic E-state index is 12.4. The number of anilines is 2. The Kier molecular flexibility index (Phi) is 10.7. The number of benzene rings is 1. The molecular weight excluding hydrogens is 524 g/mol. The molecule has 1 aliphatic rings. The van der Waals surface area contributed by atoms with Crippen LogP contribution >= 0.6 is 11.3 Å². The fourth-order valence-electron chi connectivity index (χ4n) is 4.16. The third-order valence-corrected chi connectivity index (χ3v) is 7.01. The number of hydrogen-bond donors (Lipinski definition) is 3. The van der Waals surface area contributed by atoms with Crippen molar-refractivity contribution >= 4 is 46.8 Å². The highest BCUT2D eigenvalue weighted by Crippen LogP contribution is 2.40. The molecule has 0 saturated heterocycles. The standard InChI is InChI=1S/C27H36N4O7S/c1-15(2)37-26(34)29-19-8-6-18(7-9-19)25-28-13-23(39-25)21-11-10-20(30-27(35)38-16(3)4)12-22(21)31-24(33)14-36-17(5)32/h10-13,15-16,18-19H,6-9,14H2,1-5H3,(H,29,34)(H,30,35)(H,31,33)/t18-,19-. The number of rotatable bonds is 9. The van der Waals surface area contributed by atoms with Crippen LogP contribution in [-0.4, -0.2) is 53.9 Å². The summed E-state index contributed by atoms with van der Waals surface area (Å²) in [6.45, 7) is 7.92. The summed E-state index contributed by atoms with van der Waals surface area (Å²) in [6.07, 6.45) is 3.74. The van der Waals surface area contributed by atoms with Gasteiger partial charge in [0, 0.05) is 36.3 Å². The fraction of sp³-hybridized carbons (Fsp3) is 0.519. The van der Waals surface area contributed by atoms with Crippen molar-refractivity contribution in [2.75, 3.05) is 17.2 Å². The van der Waals surface area contributed by atoms with Crippen LogP contribution in [-0.2, 0) is 23.8 Å². The molecule has 2 aromatic rings. The van der Waals surface area contributed by atoms with Gasteiger partial charge in [-0.05, 0) is 71.6 Å². The van der Waals surface area contributed by atoms with Crippen LogP contribution in [0.1, 0.15) is 71.2 Å². The summed E-state index contributed by atoms with van der Waals surface area (Å²) in [4.78, 5) is 53.1. The van der Waals surface area contributed by atoms with Crippen molar-refractivity contribution < 1.29 is 33.4 Å². The molecule has 39 heavy (non-hydrogen) atoms. The van der Waals surface area contributed by atoms with Crippen LogP contribution in [0.4, 0.5) is 21.0 Å². The Hall–Kier alpha value is -3.67. The number of alkyl carbamates (subject to hydrolysis) is 1.